The lowest BCUT2D eigenvalue weighted by molar-refractivity contribution is -0.116. The average molecular weight is 675 g/mol. The molecule has 1 aliphatic rings. The van der Waals surface area contributed by atoms with Crippen LogP contribution in [0.3, 0.4) is 0 Å². The van der Waals surface area contributed by atoms with Gasteiger partial charge in [0.1, 0.15) is 23.9 Å². The molecule has 0 spiro atoms. The molecule has 3 N–H and O–H groups in total. The predicted molar refractivity (Wildman–Crippen MR) is 153 cm³/mol. The number of sulfonamides is 2. The van der Waals surface area contributed by atoms with E-state index in [1.165, 1.54) is 36.4 Å². The summed E-state index contributed by atoms with van der Waals surface area (Å²) in [5, 5.41) is 2.50. The number of fused-ring (bicyclic) bond motifs is 1. The number of benzene rings is 3. The van der Waals surface area contributed by atoms with Crippen molar-refractivity contribution in [2.24, 2.45) is 0 Å². The van der Waals surface area contributed by atoms with Crippen LogP contribution < -0.4 is 29.0 Å². The molecule has 0 aromatic heterocycles. The molecule has 1 aliphatic heterocycles. The molecule has 11 nitrogen and oxygen atoms in total. The van der Waals surface area contributed by atoms with Gasteiger partial charge < -0.3 is 19.5 Å². The second-order valence-corrected chi connectivity index (χ2v) is 13.0. The average Bonchev–Trinajstić information content (AvgIpc) is 2.90. The first-order chi connectivity index (χ1) is 19.0. The third kappa shape index (κ3) is 7.37. The van der Waals surface area contributed by atoms with E-state index in [0.717, 1.165) is 0 Å². The summed E-state index contributed by atoms with van der Waals surface area (Å²) in [7, 11) is -8.04. The summed E-state index contributed by atoms with van der Waals surface area (Å²) >= 11 is 9.50. The van der Waals surface area contributed by atoms with Crippen molar-refractivity contribution in [2.45, 2.75) is 23.1 Å². The Morgan fingerprint density at radius 3 is 2.40 bits per heavy atom. The molecule has 3 aromatic rings. The standard InChI is InChI=1S/C25H25BrClN3O8S2/c1-2-36-21-7-4-17(13-19(21)26)30-40(34,35)24-14-16(3-6-20(24)27)29-25(31)9-10-28-39(32,33)18-5-8-22-23(15-18)38-12-11-37-22/h3-8,13-15,28,30H,2,9-12H2,1H3,(H,29,31). The van der Waals surface area contributed by atoms with E-state index >= 15 is 0 Å². The van der Waals surface area contributed by atoms with Crippen LogP contribution in [0.25, 0.3) is 0 Å². The van der Waals surface area contributed by atoms with E-state index in [1.54, 1.807) is 18.2 Å². The number of ether oxygens (including phenoxy) is 3. The van der Waals surface area contributed by atoms with Gasteiger partial charge in [-0.2, -0.15) is 0 Å². The molecule has 1 heterocycles. The summed E-state index contributed by atoms with van der Waals surface area (Å²) in [4.78, 5) is 12.2. The van der Waals surface area contributed by atoms with E-state index in [1.807, 2.05) is 6.92 Å². The normalized spacial score (nSPS) is 13.0. The van der Waals surface area contributed by atoms with Gasteiger partial charge in [-0.1, -0.05) is 11.6 Å². The van der Waals surface area contributed by atoms with Crippen LogP contribution in [-0.4, -0.2) is 49.1 Å². The molecular weight excluding hydrogens is 650 g/mol. The highest BCUT2D eigenvalue weighted by Crippen LogP contribution is 2.33. The summed E-state index contributed by atoms with van der Waals surface area (Å²) in [6.45, 7) is 2.77. The van der Waals surface area contributed by atoms with Crippen LogP contribution in [0.1, 0.15) is 13.3 Å². The van der Waals surface area contributed by atoms with Gasteiger partial charge in [-0.25, -0.2) is 21.6 Å². The van der Waals surface area contributed by atoms with Gasteiger partial charge in [-0.15, -0.1) is 0 Å². The van der Waals surface area contributed by atoms with E-state index in [2.05, 4.69) is 30.7 Å². The Balaban J connectivity index is 1.37. The van der Waals surface area contributed by atoms with E-state index in [-0.39, 0.29) is 39.2 Å². The SMILES string of the molecule is CCOc1ccc(NS(=O)(=O)c2cc(NC(=O)CCNS(=O)(=O)c3ccc4c(c3)OCCO4)ccc2Cl)cc1Br. The van der Waals surface area contributed by atoms with Gasteiger partial charge in [0.25, 0.3) is 10.0 Å². The second-order valence-electron chi connectivity index (χ2n) is 8.33. The van der Waals surface area contributed by atoms with Crippen LogP contribution in [0.5, 0.6) is 17.2 Å². The van der Waals surface area contributed by atoms with Gasteiger partial charge in [-0.3, -0.25) is 9.52 Å². The molecule has 3 aromatic carbocycles. The molecule has 0 radical (unpaired) electrons. The molecule has 4 rings (SSSR count). The lowest BCUT2D eigenvalue weighted by Gasteiger charge is -2.18. The van der Waals surface area contributed by atoms with Crippen LogP contribution in [-0.2, 0) is 24.8 Å². The van der Waals surface area contributed by atoms with Crippen LogP contribution in [0.15, 0.2) is 68.9 Å². The molecule has 0 bridgehead atoms. The van der Waals surface area contributed by atoms with Crippen LogP contribution in [0, 0.1) is 0 Å². The molecule has 0 fully saturated rings. The highest BCUT2D eigenvalue weighted by atomic mass is 79.9. The minimum atomic E-state index is -4.12. The number of halogens is 2. The summed E-state index contributed by atoms with van der Waals surface area (Å²) in [5.41, 5.74) is 0.434. The van der Waals surface area contributed by atoms with Gasteiger partial charge >= 0.3 is 0 Å². The van der Waals surface area contributed by atoms with Crippen LogP contribution >= 0.6 is 27.5 Å². The van der Waals surface area contributed by atoms with Crippen molar-refractivity contribution in [3.63, 3.8) is 0 Å². The van der Waals surface area contributed by atoms with Crippen molar-refractivity contribution < 1.29 is 35.8 Å². The van der Waals surface area contributed by atoms with Gasteiger partial charge in [0.2, 0.25) is 15.9 Å². The number of carbonyl (C=O) groups excluding carboxylic acids is 1. The third-order valence-electron chi connectivity index (χ3n) is 5.46. The molecule has 0 saturated heterocycles. The number of rotatable bonds is 11. The molecule has 0 unspecified atom stereocenters. The Hall–Kier alpha value is -3.04. The zero-order chi connectivity index (χ0) is 28.9. The first kappa shape index (κ1) is 29.9. The summed E-state index contributed by atoms with van der Waals surface area (Å²) in [5.74, 6) is 0.794. The van der Waals surface area contributed by atoms with Crippen molar-refractivity contribution >= 4 is 64.9 Å². The van der Waals surface area contributed by atoms with Crippen molar-refractivity contribution in [1.29, 1.82) is 0 Å². The fraction of sp³-hybridized carbons (Fsp3) is 0.240. The topological polar surface area (TPSA) is 149 Å². The van der Waals surface area contributed by atoms with Crippen molar-refractivity contribution in [3.8, 4) is 17.2 Å². The minimum Gasteiger partial charge on any atom is -0.493 e. The van der Waals surface area contributed by atoms with Gasteiger partial charge in [0.05, 0.1) is 26.7 Å². The second kappa shape index (κ2) is 12.6. The first-order valence-corrected chi connectivity index (χ1v) is 16.1. The van der Waals surface area contributed by atoms with E-state index in [4.69, 9.17) is 25.8 Å². The fourth-order valence-corrected chi connectivity index (χ4v) is 6.75. The molecular formula is C25H25BrClN3O8S2. The lowest BCUT2D eigenvalue weighted by atomic mass is 10.3. The van der Waals surface area contributed by atoms with Gasteiger partial charge in [0.15, 0.2) is 11.5 Å². The molecule has 0 aliphatic carbocycles. The fourth-order valence-electron chi connectivity index (χ4n) is 3.63. The Morgan fingerprint density at radius 2 is 1.68 bits per heavy atom. The van der Waals surface area contributed by atoms with Gasteiger partial charge in [-0.05, 0) is 71.4 Å². The largest absolute Gasteiger partial charge is 0.493 e. The highest BCUT2D eigenvalue weighted by Gasteiger charge is 2.21. The van der Waals surface area contributed by atoms with Gasteiger partial charge in [0, 0.05) is 24.7 Å². The molecule has 214 valence electrons. The molecule has 40 heavy (non-hydrogen) atoms. The van der Waals surface area contributed by atoms with Crippen LogP contribution in [0.2, 0.25) is 5.02 Å². The Kier molecular flexibility index (Phi) is 9.46. The summed E-state index contributed by atoms with van der Waals surface area (Å²) in [6, 6.07) is 12.9. The number of carbonyl (C=O) groups is 1. The Labute approximate surface area is 245 Å². The van der Waals surface area contributed by atoms with E-state index < -0.39 is 26.0 Å². The molecule has 0 saturated carbocycles. The maximum Gasteiger partial charge on any atom is 0.263 e. The zero-order valence-electron chi connectivity index (χ0n) is 21.1. The Morgan fingerprint density at radius 1 is 0.950 bits per heavy atom. The lowest BCUT2D eigenvalue weighted by Crippen LogP contribution is -2.28. The molecule has 15 heteroatoms. The smallest absolute Gasteiger partial charge is 0.263 e. The maximum atomic E-state index is 13.0. The summed E-state index contributed by atoms with van der Waals surface area (Å²) < 4.78 is 73.0. The van der Waals surface area contributed by atoms with Crippen molar-refractivity contribution in [3.05, 3.63) is 64.1 Å². The summed E-state index contributed by atoms with van der Waals surface area (Å²) in [6.07, 6.45) is -0.215. The number of hydrogen-bond acceptors (Lipinski definition) is 8. The monoisotopic (exact) mass is 673 g/mol. The Bertz CT molecular complexity index is 1630. The number of hydrogen-bond donors (Lipinski definition) is 3. The predicted octanol–water partition coefficient (Wildman–Crippen LogP) is 4.38. The van der Waals surface area contributed by atoms with Crippen molar-refractivity contribution in [1.82, 2.24) is 4.72 Å². The van der Waals surface area contributed by atoms with E-state index in [9.17, 15) is 21.6 Å². The van der Waals surface area contributed by atoms with Crippen molar-refractivity contribution in [2.75, 3.05) is 36.4 Å². The quantitative estimate of drug-likeness (QED) is 0.271. The first-order valence-electron chi connectivity index (χ1n) is 11.9. The highest BCUT2D eigenvalue weighted by molar-refractivity contribution is 9.10. The molecule has 1 amide bonds. The number of anilines is 2. The van der Waals surface area contributed by atoms with Crippen LogP contribution in [0.4, 0.5) is 11.4 Å². The molecule has 0 atom stereocenters. The maximum absolute atomic E-state index is 13.0. The zero-order valence-corrected chi connectivity index (χ0v) is 25.0. The number of amides is 1. The third-order valence-corrected chi connectivity index (χ3v) is 9.40. The minimum absolute atomic E-state index is 0.0308. The number of nitrogens with one attached hydrogen (secondary N) is 3. The van der Waals surface area contributed by atoms with E-state index in [0.29, 0.717) is 41.5 Å².